The SMILES string of the molecule is CCOC(=O)CNC(=O)c1cc(Cl)c(OC)c(Cl)c1. The topological polar surface area (TPSA) is 64.6 Å². The zero-order chi connectivity index (χ0) is 14.4. The maximum absolute atomic E-state index is 11.8. The minimum absolute atomic E-state index is 0.214. The first kappa shape index (κ1) is 15.6. The number of nitrogens with one attached hydrogen (secondary N) is 1. The monoisotopic (exact) mass is 305 g/mol. The van der Waals surface area contributed by atoms with Gasteiger partial charge in [-0.05, 0) is 19.1 Å². The van der Waals surface area contributed by atoms with Gasteiger partial charge in [0.2, 0.25) is 0 Å². The minimum Gasteiger partial charge on any atom is -0.494 e. The van der Waals surface area contributed by atoms with Crippen molar-refractivity contribution >= 4 is 35.1 Å². The second kappa shape index (κ2) is 7.21. The lowest BCUT2D eigenvalue weighted by Crippen LogP contribution is -2.30. The molecule has 0 spiro atoms. The number of rotatable bonds is 5. The first-order chi connectivity index (χ1) is 8.99. The molecule has 7 heteroatoms. The van der Waals surface area contributed by atoms with Gasteiger partial charge < -0.3 is 14.8 Å². The molecule has 0 heterocycles. The normalized spacial score (nSPS) is 9.89. The molecule has 0 saturated heterocycles. The Kier molecular flexibility index (Phi) is 5.92. The molecule has 0 aliphatic rings. The van der Waals surface area contributed by atoms with Gasteiger partial charge in [0, 0.05) is 5.56 Å². The van der Waals surface area contributed by atoms with Crippen molar-refractivity contribution in [3.05, 3.63) is 27.7 Å². The summed E-state index contributed by atoms with van der Waals surface area (Å²) in [5.41, 5.74) is 0.236. The van der Waals surface area contributed by atoms with Crippen LogP contribution in [0.15, 0.2) is 12.1 Å². The van der Waals surface area contributed by atoms with E-state index < -0.39 is 11.9 Å². The Hall–Kier alpha value is -1.46. The van der Waals surface area contributed by atoms with Crippen molar-refractivity contribution < 1.29 is 19.1 Å². The van der Waals surface area contributed by atoms with Crippen LogP contribution in [0.1, 0.15) is 17.3 Å². The third-order valence-electron chi connectivity index (χ3n) is 2.16. The van der Waals surface area contributed by atoms with Gasteiger partial charge in [0.05, 0.1) is 23.8 Å². The molecule has 0 aliphatic carbocycles. The maximum Gasteiger partial charge on any atom is 0.325 e. The van der Waals surface area contributed by atoms with E-state index in [1.54, 1.807) is 6.92 Å². The van der Waals surface area contributed by atoms with E-state index in [4.69, 9.17) is 27.9 Å². The zero-order valence-electron chi connectivity index (χ0n) is 10.5. The molecule has 1 aromatic carbocycles. The van der Waals surface area contributed by atoms with Crippen LogP contribution in [-0.2, 0) is 9.53 Å². The summed E-state index contributed by atoms with van der Waals surface area (Å²) in [6, 6.07) is 2.82. The Morgan fingerprint density at radius 2 is 1.84 bits per heavy atom. The molecule has 0 aliphatic heterocycles. The Labute approximate surface area is 120 Å². The summed E-state index contributed by atoms with van der Waals surface area (Å²) < 4.78 is 9.66. The second-order valence-corrected chi connectivity index (χ2v) is 4.28. The van der Waals surface area contributed by atoms with Crippen LogP contribution in [0.4, 0.5) is 0 Å². The van der Waals surface area contributed by atoms with E-state index in [1.165, 1.54) is 19.2 Å². The molecule has 5 nitrogen and oxygen atoms in total. The molecular formula is C12H13Cl2NO4. The Morgan fingerprint density at radius 1 is 1.26 bits per heavy atom. The lowest BCUT2D eigenvalue weighted by molar-refractivity contribution is -0.141. The number of hydrogen-bond donors (Lipinski definition) is 1. The number of carbonyl (C=O) groups is 2. The van der Waals surface area contributed by atoms with Gasteiger partial charge >= 0.3 is 5.97 Å². The van der Waals surface area contributed by atoms with Crippen molar-refractivity contribution in [1.82, 2.24) is 5.32 Å². The number of halogens is 2. The molecule has 1 N–H and O–H groups in total. The molecule has 1 amide bonds. The van der Waals surface area contributed by atoms with Crippen molar-refractivity contribution in [3.63, 3.8) is 0 Å². The molecule has 104 valence electrons. The summed E-state index contributed by atoms with van der Waals surface area (Å²) in [6.45, 7) is 1.73. The quantitative estimate of drug-likeness (QED) is 0.848. The lowest BCUT2D eigenvalue weighted by atomic mass is 10.2. The van der Waals surface area contributed by atoms with E-state index in [9.17, 15) is 9.59 Å². The van der Waals surface area contributed by atoms with E-state index in [-0.39, 0.29) is 28.8 Å². The smallest absolute Gasteiger partial charge is 0.325 e. The molecule has 0 aromatic heterocycles. The molecule has 0 bridgehead atoms. The fourth-order valence-electron chi connectivity index (χ4n) is 1.35. The molecule has 0 fully saturated rings. The number of hydrogen-bond acceptors (Lipinski definition) is 4. The van der Waals surface area contributed by atoms with Crippen LogP contribution in [0.5, 0.6) is 5.75 Å². The van der Waals surface area contributed by atoms with Crippen LogP contribution in [0.2, 0.25) is 10.0 Å². The molecule has 0 unspecified atom stereocenters. The van der Waals surface area contributed by atoms with E-state index >= 15 is 0 Å². The van der Waals surface area contributed by atoms with E-state index in [2.05, 4.69) is 10.1 Å². The first-order valence-electron chi connectivity index (χ1n) is 5.46. The number of esters is 1. The van der Waals surface area contributed by atoms with Crippen molar-refractivity contribution in [2.75, 3.05) is 20.3 Å². The fraction of sp³-hybridized carbons (Fsp3) is 0.333. The lowest BCUT2D eigenvalue weighted by Gasteiger charge is -2.09. The first-order valence-corrected chi connectivity index (χ1v) is 6.22. The van der Waals surface area contributed by atoms with Gasteiger partial charge in [0.15, 0.2) is 5.75 Å². The Morgan fingerprint density at radius 3 is 2.32 bits per heavy atom. The summed E-state index contributed by atoms with van der Waals surface area (Å²) in [5, 5.41) is 2.84. The predicted octanol–water partition coefficient (Wildman–Crippen LogP) is 2.29. The molecule has 1 rings (SSSR count). The molecule has 1 aromatic rings. The second-order valence-electron chi connectivity index (χ2n) is 3.46. The minimum atomic E-state index is -0.512. The van der Waals surface area contributed by atoms with Crippen LogP contribution in [-0.4, -0.2) is 32.1 Å². The van der Waals surface area contributed by atoms with E-state index in [0.29, 0.717) is 5.75 Å². The zero-order valence-corrected chi connectivity index (χ0v) is 12.0. The van der Waals surface area contributed by atoms with Crippen molar-refractivity contribution in [2.45, 2.75) is 6.92 Å². The molecule has 0 atom stereocenters. The number of carbonyl (C=O) groups excluding carboxylic acids is 2. The Bertz CT molecular complexity index is 468. The highest BCUT2D eigenvalue weighted by molar-refractivity contribution is 6.37. The van der Waals surface area contributed by atoms with Crippen molar-refractivity contribution in [1.29, 1.82) is 0 Å². The molecule has 19 heavy (non-hydrogen) atoms. The summed E-state index contributed by atoms with van der Waals surface area (Å²) in [5.74, 6) is -0.689. The Balaban J connectivity index is 2.75. The van der Waals surface area contributed by atoms with Gasteiger partial charge in [0.25, 0.3) is 5.91 Å². The maximum atomic E-state index is 11.8. The van der Waals surface area contributed by atoms with Crippen molar-refractivity contribution in [3.8, 4) is 5.75 Å². The van der Waals surface area contributed by atoms with Crippen molar-refractivity contribution in [2.24, 2.45) is 0 Å². The van der Waals surface area contributed by atoms with Crippen LogP contribution in [0.3, 0.4) is 0 Å². The third-order valence-corrected chi connectivity index (χ3v) is 2.72. The van der Waals surface area contributed by atoms with Crippen LogP contribution < -0.4 is 10.1 Å². The standard InChI is InChI=1S/C12H13Cl2NO4/c1-3-19-10(16)6-15-12(17)7-4-8(13)11(18-2)9(14)5-7/h4-5H,3,6H2,1-2H3,(H,15,17). The number of ether oxygens (including phenoxy) is 2. The summed E-state index contributed by atoms with van der Waals surface area (Å²) in [7, 11) is 1.42. The summed E-state index contributed by atoms with van der Waals surface area (Å²) in [4.78, 5) is 22.9. The predicted molar refractivity (Wildman–Crippen MR) is 72.0 cm³/mol. The molecule has 0 radical (unpaired) electrons. The molecule has 0 saturated carbocycles. The van der Waals surface area contributed by atoms with Gasteiger partial charge in [-0.1, -0.05) is 23.2 Å². The van der Waals surface area contributed by atoms with E-state index in [0.717, 1.165) is 0 Å². The largest absolute Gasteiger partial charge is 0.494 e. The fourth-order valence-corrected chi connectivity index (χ4v) is 1.99. The van der Waals surface area contributed by atoms with Crippen LogP contribution in [0.25, 0.3) is 0 Å². The van der Waals surface area contributed by atoms with Gasteiger partial charge in [-0.15, -0.1) is 0 Å². The number of benzene rings is 1. The van der Waals surface area contributed by atoms with E-state index in [1.807, 2.05) is 0 Å². The molecular weight excluding hydrogens is 293 g/mol. The highest BCUT2D eigenvalue weighted by Crippen LogP contribution is 2.33. The third kappa shape index (κ3) is 4.29. The highest BCUT2D eigenvalue weighted by atomic mass is 35.5. The highest BCUT2D eigenvalue weighted by Gasteiger charge is 2.14. The summed E-state index contributed by atoms with van der Waals surface area (Å²) in [6.07, 6.45) is 0. The average molecular weight is 306 g/mol. The number of amides is 1. The average Bonchev–Trinajstić information content (AvgIpc) is 2.36. The van der Waals surface area contributed by atoms with Gasteiger partial charge in [-0.25, -0.2) is 0 Å². The van der Waals surface area contributed by atoms with Crippen LogP contribution >= 0.6 is 23.2 Å². The van der Waals surface area contributed by atoms with Gasteiger partial charge in [-0.3, -0.25) is 9.59 Å². The number of methoxy groups -OCH3 is 1. The summed E-state index contributed by atoms with van der Waals surface area (Å²) >= 11 is 11.8. The van der Waals surface area contributed by atoms with Gasteiger partial charge in [-0.2, -0.15) is 0 Å². The van der Waals surface area contributed by atoms with Gasteiger partial charge in [0.1, 0.15) is 6.54 Å². The van der Waals surface area contributed by atoms with Crippen LogP contribution in [0, 0.1) is 0 Å².